The number of hydrogen-bond donors (Lipinski definition) is 2. The summed E-state index contributed by atoms with van der Waals surface area (Å²) in [5.74, 6) is -0.00781. The lowest BCUT2D eigenvalue weighted by molar-refractivity contribution is -0.126. The number of amides is 1. The highest BCUT2D eigenvalue weighted by atomic mass is 32.1. The van der Waals surface area contributed by atoms with E-state index in [1.807, 2.05) is 18.2 Å². The molecule has 5 heteroatoms. The third kappa shape index (κ3) is 3.62. The molecule has 2 aromatic rings. The summed E-state index contributed by atoms with van der Waals surface area (Å²) >= 11 is 1.70. The van der Waals surface area contributed by atoms with Crippen LogP contribution in [0.5, 0.6) is 0 Å². The first-order valence-electron chi connectivity index (χ1n) is 8.17. The third-order valence-corrected chi connectivity index (χ3v) is 5.49. The summed E-state index contributed by atoms with van der Waals surface area (Å²) in [6.45, 7) is 2.69. The summed E-state index contributed by atoms with van der Waals surface area (Å²) in [5.41, 5.74) is 7.70. The predicted molar refractivity (Wildman–Crippen MR) is 94.4 cm³/mol. The molecule has 1 fully saturated rings. The Labute approximate surface area is 141 Å². The van der Waals surface area contributed by atoms with Crippen LogP contribution in [0.25, 0.3) is 11.3 Å². The van der Waals surface area contributed by atoms with Crippen molar-refractivity contribution in [2.75, 3.05) is 6.54 Å². The Morgan fingerprint density at radius 2 is 2.00 bits per heavy atom. The van der Waals surface area contributed by atoms with Crippen LogP contribution in [0, 0.1) is 6.92 Å². The summed E-state index contributed by atoms with van der Waals surface area (Å²) in [6, 6.07) is 10.2. The number of benzene rings is 1. The summed E-state index contributed by atoms with van der Waals surface area (Å²) in [4.78, 5) is 18.1. The van der Waals surface area contributed by atoms with Gasteiger partial charge in [-0.15, -0.1) is 11.3 Å². The maximum Gasteiger partial charge on any atom is 0.240 e. The minimum atomic E-state index is -0.645. The highest BCUT2D eigenvalue weighted by Gasteiger charge is 2.36. The molecule has 3 N–H and O–H groups in total. The summed E-state index contributed by atoms with van der Waals surface area (Å²) in [5, 5.41) is 4.04. The molecule has 1 amide bonds. The van der Waals surface area contributed by atoms with E-state index in [4.69, 9.17) is 10.7 Å². The molecule has 0 atom stereocenters. The highest BCUT2D eigenvalue weighted by Crippen LogP contribution is 2.28. The number of rotatable bonds is 5. The van der Waals surface area contributed by atoms with Gasteiger partial charge in [-0.1, -0.05) is 43.2 Å². The lowest BCUT2D eigenvalue weighted by atomic mass is 9.98. The summed E-state index contributed by atoms with van der Waals surface area (Å²) < 4.78 is 0. The second-order valence-electron chi connectivity index (χ2n) is 6.25. The van der Waals surface area contributed by atoms with E-state index < -0.39 is 5.54 Å². The molecule has 0 unspecified atom stereocenters. The van der Waals surface area contributed by atoms with Crippen LogP contribution < -0.4 is 11.1 Å². The molecule has 122 valence electrons. The standard InChI is InChI=1S/C18H23N3OS/c1-13-16(14-7-3-2-4-8-14)21-15(23-13)9-12-20-17(22)18(19)10-5-6-11-18/h2-4,7-8H,5-6,9-12,19H2,1H3,(H,20,22). The molecule has 4 nitrogen and oxygen atoms in total. The largest absolute Gasteiger partial charge is 0.354 e. The molecule has 1 heterocycles. The SMILES string of the molecule is Cc1sc(CCNC(=O)C2(N)CCCC2)nc1-c1ccccc1. The van der Waals surface area contributed by atoms with E-state index in [1.165, 1.54) is 4.88 Å². The smallest absolute Gasteiger partial charge is 0.240 e. The van der Waals surface area contributed by atoms with Gasteiger partial charge in [0.25, 0.3) is 0 Å². The fourth-order valence-electron chi connectivity index (χ4n) is 3.11. The van der Waals surface area contributed by atoms with Gasteiger partial charge in [0.2, 0.25) is 5.91 Å². The Morgan fingerprint density at radius 3 is 2.70 bits per heavy atom. The molecule has 1 aliphatic rings. The fourth-order valence-corrected chi connectivity index (χ4v) is 4.07. The van der Waals surface area contributed by atoms with Gasteiger partial charge < -0.3 is 11.1 Å². The Bertz CT molecular complexity index is 675. The maximum atomic E-state index is 12.2. The molecule has 23 heavy (non-hydrogen) atoms. The monoisotopic (exact) mass is 329 g/mol. The van der Waals surface area contributed by atoms with E-state index >= 15 is 0 Å². The second-order valence-corrected chi connectivity index (χ2v) is 7.54. The Hall–Kier alpha value is -1.72. The molecule has 1 saturated carbocycles. The topological polar surface area (TPSA) is 68.0 Å². The van der Waals surface area contributed by atoms with Crippen LogP contribution in [0.3, 0.4) is 0 Å². The van der Waals surface area contributed by atoms with Crippen molar-refractivity contribution in [1.82, 2.24) is 10.3 Å². The van der Waals surface area contributed by atoms with Crippen molar-refractivity contribution < 1.29 is 4.79 Å². The lowest BCUT2D eigenvalue weighted by Gasteiger charge is -2.21. The molecular formula is C18H23N3OS. The molecule has 0 saturated heterocycles. The third-order valence-electron chi connectivity index (χ3n) is 4.46. The van der Waals surface area contributed by atoms with Gasteiger partial charge >= 0.3 is 0 Å². The molecule has 0 spiro atoms. The molecule has 1 aromatic heterocycles. The normalized spacial score (nSPS) is 16.4. The van der Waals surface area contributed by atoms with E-state index in [0.29, 0.717) is 6.54 Å². The van der Waals surface area contributed by atoms with Crippen LogP contribution in [0.2, 0.25) is 0 Å². The van der Waals surface area contributed by atoms with E-state index in [2.05, 4.69) is 24.4 Å². The molecule has 1 aromatic carbocycles. The molecule has 0 bridgehead atoms. The first-order chi connectivity index (χ1) is 11.1. The van der Waals surface area contributed by atoms with Gasteiger partial charge in [0.15, 0.2) is 0 Å². The number of aromatic nitrogens is 1. The Kier molecular flexibility index (Phi) is 4.78. The van der Waals surface area contributed by atoms with Crippen molar-refractivity contribution in [2.45, 2.75) is 44.6 Å². The van der Waals surface area contributed by atoms with Crippen molar-refractivity contribution in [1.29, 1.82) is 0 Å². The van der Waals surface area contributed by atoms with Gasteiger partial charge in [0.05, 0.1) is 16.2 Å². The zero-order chi connectivity index (χ0) is 16.3. The van der Waals surface area contributed by atoms with E-state index in [1.54, 1.807) is 11.3 Å². The number of carbonyl (C=O) groups excluding carboxylic acids is 1. The van der Waals surface area contributed by atoms with Crippen molar-refractivity contribution in [2.24, 2.45) is 5.73 Å². The van der Waals surface area contributed by atoms with Crippen LogP contribution >= 0.6 is 11.3 Å². The lowest BCUT2D eigenvalue weighted by Crippen LogP contribution is -2.52. The number of nitrogens with two attached hydrogens (primary N) is 1. The maximum absolute atomic E-state index is 12.2. The number of carbonyl (C=O) groups is 1. The van der Waals surface area contributed by atoms with Gasteiger partial charge in [0.1, 0.15) is 0 Å². The van der Waals surface area contributed by atoms with Gasteiger partial charge in [-0.05, 0) is 19.8 Å². The van der Waals surface area contributed by atoms with Crippen LogP contribution in [0.4, 0.5) is 0 Å². The minimum Gasteiger partial charge on any atom is -0.354 e. The minimum absolute atomic E-state index is 0.00781. The van der Waals surface area contributed by atoms with E-state index in [-0.39, 0.29) is 5.91 Å². The van der Waals surface area contributed by atoms with Crippen molar-refractivity contribution in [3.63, 3.8) is 0 Å². The van der Waals surface area contributed by atoms with Gasteiger partial charge in [-0.2, -0.15) is 0 Å². The van der Waals surface area contributed by atoms with Crippen LogP contribution in [-0.4, -0.2) is 23.0 Å². The van der Waals surface area contributed by atoms with Crippen molar-refractivity contribution in [3.05, 3.63) is 40.2 Å². The quantitative estimate of drug-likeness (QED) is 0.886. The van der Waals surface area contributed by atoms with Crippen LogP contribution in [0.15, 0.2) is 30.3 Å². The number of nitrogens with zero attached hydrogens (tertiary/aromatic N) is 1. The van der Waals surface area contributed by atoms with Gasteiger partial charge in [0, 0.05) is 23.4 Å². The van der Waals surface area contributed by atoms with E-state index in [0.717, 1.165) is 48.4 Å². The molecule has 3 rings (SSSR count). The molecule has 1 aliphatic carbocycles. The number of nitrogens with one attached hydrogen (secondary N) is 1. The average Bonchev–Trinajstić information content (AvgIpc) is 3.15. The van der Waals surface area contributed by atoms with Gasteiger partial charge in [-0.3, -0.25) is 4.79 Å². The zero-order valence-electron chi connectivity index (χ0n) is 13.5. The number of thiazole rings is 1. The number of hydrogen-bond acceptors (Lipinski definition) is 4. The predicted octanol–water partition coefficient (Wildman–Crippen LogP) is 3.05. The molecule has 0 aliphatic heterocycles. The molecule has 0 radical (unpaired) electrons. The Balaban J connectivity index is 1.58. The van der Waals surface area contributed by atoms with Crippen LogP contribution in [-0.2, 0) is 11.2 Å². The Morgan fingerprint density at radius 1 is 1.30 bits per heavy atom. The number of aryl methyl sites for hydroxylation is 1. The first kappa shape index (κ1) is 16.1. The average molecular weight is 329 g/mol. The van der Waals surface area contributed by atoms with Crippen molar-refractivity contribution in [3.8, 4) is 11.3 Å². The first-order valence-corrected chi connectivity index (χ1v) is 8.99. The van der Waals surface area contributed by atoms with Crippen LogP contribution in [0.1, 0.15) is 35.6 Å². The summed E-state index contributed by atoms with van der Waals surface area (Å²) in [7, 11) is 0. The van der Waals surface area contributed by atoms with E-state index in [9.17, 15) is 4.79 Å². The summed E-state index contributed by atoms with van der Waals surface area (Å²) in [6.07, 6.45) is 4.45. The second kappa shape index (κ2) is 6.81. The molecular weight excluding hydrogens is 306 g/mol. The fraction of sp³-hybridized carbons (Fsp3) is 0.444. The van der Waals surface area contributed by atoms with Crippen molar-refractivity contribution >= 4 is 17.2 Å². The highest BCUT2D eigenvalue weighted by molar-refractivity contribution is 7.12. The van der Waals surface area contributed by atoms with Gasteiger partial charge in [-0.25, -0.2) is 4.98 Å². The zero-order valence-corrected chi connectivity index (χ0v) is 14.3.